The number of aromatic nitrogens is 1. The van der Waals surface area contributed by atoms with E-state index < -0.39 is 16.1 Å². The fourth-order valence-electron chi connectivity index (χ4n) is 2.68. The molecule has 1 aliphatic heterocycles. The number of nitrogens with one attached hydrogen (secondary N) is 1. The lowest BCUT2D eigenvalue weighted by molar-refractivity contribution is -0.124. The molecule has 1 fully saturated rings. The highest BCUT2D eigenvalue weighted by atomic mass is 32.2. The minimum Gasteiger partial charge on any atom is -0.348 e. The van der Waals surface area contributed by atoms with Gasteiger partial charge in [0.2, 0.25) is 15.9 Å². The van der Waals surface area contributed by atoms with E-state index in [0.717, 1.165) is 21.5 Å². The number of nitrogens with zero attached hydrogens (tertiary/aromatic N) is 2. The molecule has 2 heterocycles. The summed E-state index contributed by atoms with van der Waals surface area (Å²) in [6.07, 6.45) is 2.43. The lowest BCUT2D eigenvalue weighted by Crippen LogP contribution is -2.45. The maximum Gasteiger partial charge on any atom is 0.238 e. The average molecular weight is 339 g/mol. The van der Waals surface area contributed by atoms with Gasteiger partial charge in [0.25, 0.3) is 0 Å². The topological polar surface area (TPSA) is 79.4 Å². The van der Waals surface area contributed by atoms with E-state index in [-0.39, 0.29) is 5.91 Å². The maximum atomic E-state index is 12.3. The van der Waals surface area contributed by atoms with Crippen molar-refractivity contribution >= 4 is 37.5 Å². The number of thiazole rings is 1. The van der Waals surface area contributed by atoms with Crippen LogP contribution < -0.4 is 5.32 Å². The molecular formula is C14H17N3O3S2. The third-order valence-electron chi connectivity index (χ3n) is 3.68. The standard InChI is InChI=1S/C14H17N3O3S2/c1-22(19,20)17-8-4-6-11(17)14(18)15-9-13-16-10-5-2-3-7-12(10)21-13/h2-3,5,7,11H,4,6,8-9H2,1H3,(H,15,18). The Morgan fingerprint density at radius 3 is 2.95 bits per heavy atom. The van der Waals surface area contributed by atoms with Crippen LogP contribution in [-0.4, -0.2) is 42.5 Å². The van der Waals surface area contributed by atoms with Crippen LogP contribution in [0.2, 0.25) is 0 Å². The van der Waals surface area contributed by atoms with Crippen LogP contribution in [0.15, 0.2) is 24.3 Å². The number of sulfonamides is 1. The SMILES string of the molecule is CS(=O)(=O)N1CCCC1C(=O)NCc1nc2ccccc2s1. The molecule has 0 aliphatic carbocycles. The highest BCUT2D eigenvalue weighted by Gasteiger charge is 2.36. The van der Waals surface area contributed by atoms with E-state index in [9.17, 15) is 13.2 Å². The summed E-state index contributed by atoms with van der Waals surface area (Å²) in [4.78, 5) is 16.7. The molecule has 0 saturated carbocycles. The summed E-state index contributed by atoms with van der Waals surface area (Å²) in [6.45, 7) is 0.740. The third kappa shape index (κ3) is 3.13. The molecule has 0 spiro atoms. The smallest absolute Gasteiger partial charge is 0.238 e. The highest BCUT2D eigenvalue weighted by Crippen LogP contribution is 2.23. The molecule has 1 saturated heterocycles. The summed E-state index contributed by atoms with van der Waals surface area (Å²) in [5.74, 6) is -0.248. The normalized spacial score (nSPS) is 19.6. The Hall–Kier alpha value is -1.51. The van der Waals surface area contributed by atoms with Crippen LogP contribution in [0.5, 0.6) is 0 Å². The van der Waals surface area contributed by atoms with Crippen molar-refractivity contribution < 1.29 is 13.2 Å². The van der Waals surface area contributed by atoms with E-state index in [1.54, 1.807) is 0 Å². The molecule has 1 aromatic carbocycles. The van der Waals surface area contributed by atoms with Gasteiger partial charge in [0.05, 0.1) is 23.0 Å². The van der Waals surface area contributed by atoms with E-state index in [1.165, 1.54) is 15.6 Å². The second-order valence-electron chi connectivity index (χ2n) is 5.32. The molecule has 6 nitrogen and oxygen atoms in total. The lowest BCUT2D eigenvalue weighted by Gasteiger charge is -2.20. The molecule has 1 atom stereocenters. The summed E-state index contributed by atoms with van der Waals surface area (Å²) in [7, 11) is -3.34. The number of rotatable bonds is 4. The summed E-state index contributed by atoms with van der Waals surface area (Å²) >= 11 is 1.53. The van der Waals surface area contributed by atoms with E-state index >= 15 is 0 Å². The van der Waals surface area contributed by atoms with E-state index in [0.29, 0.717) is 25.9 Å². The van der Waals surface area contributed by atoms with Gasteiger partial charge in [-0.3, -0.25) is 4.79 Å². The molecule has 3 rings (SSSR count). The van der Waals surface area contributed by atoms with Crippen LogP contribution in [0.1, 0.15) is 17.8 Å². The van der Waals surface area contributed by atoms with Gasteiger partial charge < -0.3 is 5.32 Å². The first-order chi connectivity index (χ1) is 10.4. The Labute approximate surface area is 133 Å². The number of hydrogen-bond acceptors (Lipinski definition) is 5. The molecule has 118 valence electrons. The van der Waals surface area contributed by atoms with Gasteiger partial charge in [-0.2, -0.15) is 4.31 Å². The van der Waals surface area contributed by atoms with Gasteiger partial charge in [-0.05, 0) is 25.0 Å². The zero-order chi connectivity index (χ0) is 15.7. The van der Waals surface area contributed by atoms with E-state index in [4.69, 9.17) is 0 Å². The van der Waals surface area contributed by atoms with Crippen molar-refractivity contribution in [3.8, 4) is 0 Å². The summed E-state index contributed by atoms with van der Waals surface area (Å²) in [5, 5.41) is 3.62. The Morgan fingerprint density at radius 2 is 2.23 bits per heavy atom. The van der Waals surface area contributed by atoms with Crippen molar-refractivity contribution in [2.45, 2.75) is 25.4 Å². The van der Waals surface area contributed by atoms with Gasteiger partial charge >= 0.3 is 0 Å². The molecule has 22 heavy (non-hydrogen) atoms. The maximum absolute atomic E-state index is 12.3. The van der Waals surface area contributed by atoms with Crippen LogP contribution in [0, 0.1) is 0 Å². The lowest BCUT2D eigenvalue weighted by atomic mass is 10.2. The predicted octanol–water partition coefficient (Wildman–Crippen LogP) is 1.34. The first kappa shape index (κ1) is 15.4. The molecule has 1 aromatic heterocycles. The van der Waals surface area contributed by atoms with Crippen LogP contribution in [0.3, 0.4) is 0 Å². The molecule has 1 unspecified atom stereocenters. The number of carbonyl (C=O) groups excluding carboxylic acids is 1. The average Bonchev–Trinajstić information content (AvgIpc) is 3.10. The van der Waals surface area contributed by atoms with Crippen LogP contribution >= 0.6 is 11.3 Å². The van der Waals surface area contributed by atoms with Gasteiger partial charge in [0.15, 0.2) is 0 Å². The van der Waals surface area contributed by atoms with Crippen molar-refractivity contribution in [1.82, 2.24) is 14.6 Å². The summed E-state index contributed by atoms with van der Waals surface area (Å²) in [5.41, 5.74) is 0.912. The predicted molar refractivity (Wildman–Crippen MR) is 86.0 cm³/mol. The van der Waals surface area contributed by atoms with Gasteiger partial charge in [-0.1, -0.05) is 12.1 Å². The van der Waals surface area contributed by atoms with Crippen LogP contribution in [0.4, 0.5) is 0 Å². The number of benzene rings is 1. The van der Waals surface area contributed by atoms with E-state index in [1.807, 2.05) is 24.3 Å². The Kier molecular flexibility index (Phi) is 4.16. The number of amides is 1. The summed E-state index contributed by atoms with van der Waals surface area (Å²) < 4.78 is 25.7. The van der Waals surface area contributed by atoms with Crippen LogP contribution in [-0.2, 0) is 21.4 Å². The van der Waals surface area contributed by atoms with Gasteiger partial charge in [-0.15, -0.1) is 11.3 Å². The first-order valence-corrected chi connectivity index (χ1v) is 9.70. The van der Waals surface area contributed by atoms with Crippen molar-refractivity contribution in [2.75, 3.05) is 12.8 Å². The van der Waals surface area contributed by atoms with Crippen molar-refractivity contribution in [1.29, 1.82) is 0 Å². The van der Waals surface area contributed by atoms with E-state index in [2.05, 4.69) is 10.3 Å². The van der Waals surface area contributed by atoms with Crippen molar-refractivity contribution in [2.24, 2.45) is 0 Å². The Bertz CT molecular complexity index is 768. The largest absolute Gasteiger partial charge is 0.348 e. The minimum absolute atomic E-state index is 0.248. The van der Waals surface area contributed by atoms with Crippen molar-refractivity contribution in [3.05, 3.63) is 29.3 Å². The third-order valence-corrected chi connectivity index (χ3v) is 6.01. The van der Waals surface area contributed by atoms with Gasteiger partial charge in [0.1, 0.15) is 11.0 Å². The fourth-order valence-corrected chi connectivity index (χ4v) is 4.71. The van der Waals surface area contributed by atoms with Gasteiger partial charge in [0, 0.05) is 6.54 Å². The molecular weight excluding hydrogens is 322 g/mol. The molecule has 0 bridgehead atoms. The molecule has 2 aromatic rings. The monoisotopic (exact) mass is 339 g/mol. The number of hydrogen-bond donors (Lipinski definition) is 1. The molecule has 1 amide bonds. The van der Waals surface area contributed by atoms with Crippen molar-refractivity contribution in [3.63, 3.8) is 0 Å². The molecule has 1 aliphatic rings. The highest BCUT2D eigenvalue weighted by molar-refractivity contribution is 7.88. The van der Waals surface area contributed by atoms with Crippen LogP contribution in [0.25, 0.3) is 10.2 Å². The van der Waals surface area contributed by atoms with Gasteiger partial charge in [-0.25, -0.2) is 13.4 Å². The number of fused-ring (bicyclic) bond motifs is 1. The fraction of sp³-hybridized carbons (Fsp3) is 0.429. The number of carbonyl (C=O) groups is 1. The zero-order valence-electron chi connectivity index (χ0n) is 12.2. The molecule has 8 heteroatoms. The number of para-hydroxylation sites is 1. The zero-order valence-corrected chi connectivity index (χ0v) is 13.8. The first-order valence-electron chi connectivity index (χ1n) is 7.04. The minimum atomic E-state index is -3.34. The second-order valence-corrected chi connectivity index (χ2v) is 8.38. The summed E-state index contributed by atoms with van der Waals surface area (Å²) in [6, 6.07) is 7.20. The Morgan fingerprint density at radius 1 is 1.45 bits per heavy atom. The Balaban J connectivity index is 1.67. The molecule has 0 radical (unpaired) electrons. The quantitative estimate of drug-likeness (QED) is 0.911. The molecule has 1 N–H and O–H groups in total. The second kappa shape index (κ2) is 5.94.